The molecule has 1 aromatic rings. The predicted octanol–water partition coefficient (Wildman–Crippen LogP) is 2.98. The van der Waals surface area contributed by atoms with E-state index in [1.54, 1.807) is 0 Å². The van der Waals surface area contributed by atoms with Gasteiger partial charge in [-0.05, 0) is 67.0 Å². The zero-order chi connectivity index (χ0) is 12.4. The van der Waals surface area contributed by atoms with Crippen LogP contribution >= 0.6 is 0 Å². The van der Waals surface area contributed by atoms with Crippen LogP contribution in [-0.4, -0.2) is 13.1 Å². The van der Waals surface area contributed by atoms with Crippen LogP contribution in [0, 0.1) is 13.8 Å². The third-order valence-corrected chi connectivity index (χ3v) is 3.52. The number of ether oxygens (including phenoxy) is 1. The summed E-state index contributed by atoms with van der Waals surface area (Å²) in [4.78, 5) is 11.1. The van der Waals surface area contributed by atoms with E-state index in [4.69, 9.17) is 0 Å². The fourth-order valence-electron chi connectivity index (χ4n) is 2.63. The fraction of sp³-hybridized carbons (Fsp3) is 0.400. The number of rotatable bonds is 2. The Bertz CT molecular complexity index is 484. The van der Waals surface area contributed by atoms with E-state index >= 15 is 0 Å². The maximum absolute atomic E-state index is 11.1. The molecule has 2 heteroatoms. The highest BCUT2D eigenvalue weighted by molar-refractivity contribution is 5.87. The summed E-state index contributed by atoms with van der Waals surface area (Å²) in [5.41, 5.74) is 6.67. The van der Waals surface area contributed by atoms with E-state index in [1.807, 2.05) is 6.08 Å². The molecule has 17 heavy (non-hydrogen) atoms. The van der Waals surface area contributed by atoms with E-state index in [2.05, 4.69) is 24.7 Å². The average molecular weight is 230 g/mol. The van der Waals surface area contributed by atoms with Gasteiger partial charge in [0.15, 0.2) is 0 Å². The van der Waals surface area contributed by atoms with Crippen LogP contribution in [0.15, 0.2) is 12.1 Å². The van der Waals surface area contributed by atoms with Gasteiger partial charge < -0.3 is 4.74 Å². The molecule has 90 valence electrons. The molecule has 0 saturated carbocycles. The Labute approximate surface area is 102 Å². The molecule has 0 aliphatic heterocycles. The molecule has 0 unspecified atom stereocenters. The monoisotopic (exact) mass is 230 g/mol. The second-order valence-electron chi connectivity index (χ2n) is 4.58. The van der Waals surface area contributed by atoms with Gasteiger partial charge in [-0.1, -0.05) is 6.07 Å². The number of aryl methyl sites for hydroxylation is 2. The van der Waals surface area contributed by atoms with Gasteiger partial charge in [0.1, 0.15) is 0 Å². The lowest BCUT2D eigenvalue weighted by molar-refractivity contribution is -0.134. The van der Waals surface area contributed by atoms with Gasteiger partial charge in [0, 0.05) is 6.08 Å². The molecule has 1 aliphatic rings. The highest BCUT2D eigenvalue weighted by Gasteiger charge is 2.16. The molecule has 2 nitrogen and oxygen atoms in total. The first-order chi connectivity index (χ1) is 8.13. The van der Waals surface area contributed by atoms with E-state index in [0.29, 0.717) is 0 Å². The summed E-state index contributed by atoms with van der Waals surface area (Å²) in [6, 6.07) is 2.26. The summed E-state index contributed by atoms with van der Waals surface area (Å²) in [6.45, 7) is 4.25. The Morgan fingerprint density at radius 2 is 2.12 bits per heavy atom. The molecule has 0 spiro atoms. The Hall–Kier alpha value is -1.57. The molecule has 1 aliphatic carbocycles. The van der Waals surface area contributed by atoms with Gasteiger partial charge >= 0.3 is 5.97 Å². The smallest absolute Gasteiger partial charge is 0.330 e. The van der Waals surface area contributed by atoms with Crippen molar-refractivity contribution in [3.05, 3.63) is 40.0 Å². The molecule has 0 N–H and O–H groups in total. The van der Waals surface area contributed by atoms with Gasteiger partial charge in [-0.3, -0.25) is 0 Å². The summed E-state index contributed by atoms with van der Waals surface area (Å²) in [7, 11) is 1.40. The van der Waals surface area contributed by atoms with Crippen molar-refractivity contribution in [3.63, 3.8) is 0 Å². The number of hydrogen-bond acceptors (Lipinski definition) is 2. The van der Waals surface area contributed by atoms with Crippen molar-refractivity contribution >= 4 is 12.0 Å². The van der Waals surface area contributed by atoms with E-state index in [1.165, 1.54) is 54.7 Å². The van der Waals surface area contributed by atoms with Crippen LogP contribution in [-0.2, 0) is 22.4 Å². The van der Waals surface area contributed by atoms with Crippen molar-refractivity contribution in [1.82, 2.24) is 0 Å². The molecule has 0 heterocycles. The standard InChI is InChI=1S/C15H18O2/c1-10-9-12-5-4-6-14(12)11(2)13(10)7-8-15(16)17-3/h7-9H,4-6H2,1-3H3/b8-7+. The van der Waals surface area contributed by atoms with E-state index in [0.717, 1.165) is 5.56 Å². The molecule has 1 aromatic carbocycles. The highest BCUT2D eigenvalue weighted by Crippen LogP contribution is 2.30. The summed E-state index contributed by atoms with van der Waals surface area (Å²) in [5.74, 6) is -0.302. The molecule has 0 aromatic heterocycles. The largest absolute Gasteiger partial charge is 0.466 e. The maximum atomic E-state index is 11.1. The first kappa shape index (κ1) is 11.9. The van der Waals surface area contributed by atoms with Gasteiger partial charge in [-0.25, -0.2) is 4.79 Å². The lowest BCUT2D eigenvalue weighted by Gasteiger charge is -2.11. The quantitative estimate of drug-likeness (QED) is 0.576. The van der Waals surface area contributed by atoms with E-state index in [9.17, 15) is 4.79 Å². The third-order valence-electron chi connectivity index (χ3n) is 3.52. The van der Waals surface area contributed by atoms with Crippen LogP contribution in [0.25, 0.3) is 6.08 Å². The van der Waals surface area contributed by atoms with Gasteiger partial charge in [0.25, 0.3) is 0 Å². The Morgan fingerprint density at radius 3 is 2.82 bits per heavy atom. The van der Waals surface area contributed by atoms with Crippen molar-refractivity contribution in [2.45, 2.75) is 33.1 Å². The normalized spacial score (nSPS) is 14.1. The fourth-order valence-corrected chi connectivity index (χ4v) is 2.63. The van der Waals surface area contributed by atoms with Crippen molar-refractivity contribution < 1.29 is 9.53 Å². The van der Waals surface area contributed by atoms with Crippen molar-refractivity contribution in [2.75, 3.05) is 7.11 Å². The predicted molar refractivity (Wildman–Crippen MR) is 69.0 cm³/mol. The minimum Gasteiger partial charge on any atom is -0.466 e. The lowest BCUT2D eigenvalue weighted by atomic mass is 9.94. The number of carbonyl (C=O) groups is 1. The maximum Gasteiger partial charge on any atom is 0.330 e. The molecular formula is C15H18O2. The van der Waals surface area contributed by atoms with Crippen molar-refractivity contribution in [3.8, 4) is 0 Å². The first-order valence-corrected chi connectivity index (χ1v) is 6.01. The second kappa shape index (κ2) is 4.74. The number of fused-ring (bicyclic) bond motifs is 1. The third kappa shape index (κ3) is 2.26. The SMILES string of the molecule is COC(=O)/C=C/c1c(C)cc2c(c1C)CCC2. The number of esters is 1. The second-order valence-corrected chi connectivity index (χ2v) is 4.58. The summed E-state index contributed by atoms with van der Waals surface area (Å²) in [6.07, 6.45) is 6.98. The van der Waals surface area contributed by atoms with E-state index in [-0.39, 0.29) is 5.97 Å². The van der Waals surface area contributed by atoms with Gasteiger partial charge in [0.2, 0.25) is 0 Å². The van der Waals surface area contributed by atoms with Gasteiger partial charge in [0.05, 0.1) is 7.11 Å². The van der Waals surface area contributed by atoms with Crippen molar-refractivity contribution in [2.24, 2.45) is 0 Å². The van der Waals surface area contributed by atoms with Crippen LogP contribution in [0.5, 0.6) is 0 Å². The number of carbonyl (C=O) groups excluding carboxylic acids is 1. The molecule has 0 saturated heterocycles. The zero-order valence-corrected chi connectivity index (χ0v) is 10.7. The van der Waals surface area contributed by atoms with Crippen LogP contribution in [0.4, 0.5) is 0 Å². The molecule has 0 bridgehead atoms. The minimum absolute atomic E-state index is 0.302. The molecule has 2 rings (SSSR count). The molecule has 0 radical (unpaired) electrons. The minimum atomic E-state index is -0.302. The molecule has 0 atom stereocenters. The summed E-state index contributed by atoms with van der Waals surface area (Å²) < 4.78 is 4.62. The Balaban J connectivity index is 2.41. The molecule has 0 amide bonds. The first-order valence-electron chi connectivity index (χ1n) is 6.01. The average Bonchev–Trinajstić information content (AvgIpc) is 2.76. The van der Waals surface area contributed by atoms with Crippen LogP contribution < -0.4 is 0 Å². The number of methoxy groups -OCH3 is 1. The Morgan fingerprint density at radius 1 is 1.35 bits per heavy atom. The zero-order valence-electron chi connectivity index (χ0n) is 10.7. The van der Waals surface area contributed by atoms with Gasteiger partial charge in [-0.15, -0.1) is 0 Å². The summed E-state index contributed by atoms with van der Waals surface area (Å²) >= 11 is 0. The summed E-state index contributed by atoms with van der Waals surface area (Å²) in [5, 5.41) is 0. The topological polar surface area (TPSA) is 26.3 Å². The number of hydrogen-bond donors (Lipinski definition) is 0. The molecule has 0 fully saturated rings. The highest BCUT2D eigenvalue weighted by atomic mass is 16.5. The van der Waals surface area contributed by atoms with Crippen LogP contribution in [0.1, 0.15) is 34.2 Å². The van der Waals surface area contributed by atoms with Gasteiger partial charge in [-0.2, -0.15) is 0 Å². The van der Waals surface area contributed by atoms with E-state index < -0.39 is 0 Å². The van der Waals surface area contributed by atoms with Crippen LogP contribution in [0.2, 0.25) is 0 Å². The van der Waals surface area contributed by atoms with Crippen LogP contribution in [0.3, 0.4) is 0 Å². The van der Waals surface area contributed by atoms with Crippen molar-refractivity contribution in [1.29, 1.82) is 0 Å². The number of benzene rings is 1. The Kier molecular flexibility index (Phi) is 3.32. The lowest BCUT2D eigenvalue weighted by Crippen LogP contribution is -1.97. The molecular weight excluding hydrogens is 212 g/mol.